The van der Waals surface area contributed by atoms with Crippen LogP contribution in [-0.2, 0) is 4.79 Å². The van der Waals surface area contributed by atoms with E-state index < -0.39 is 0 Å². The fraction of sp³-hybridized carbons (Fsp3) is 0.364. The molecule has 1 aliphatic carbocycles. The van der Waals surface area contributed by atoms with Crippen molar-refractivity contribution in [3.63, 3.8) is 0 Å². The lowest BCUT2D eigenvalue weighted by molar-refractivity contribution is -0.116. The van der Waals surface area contributed by atoms with E-state index in [2.05, 4.69) is 22.8 Å². The van der Waals surface area contributed by atoms with Gasteiger partial charge in [-0.2, -0.15) is 0 Å². The molecule has 1 fully saturated rings. The topological polar surface area (TPSA) is 58.2 Å². The highest BCUT2D eigenvalue weighted by atomic mass is 32.2. The van der Waals surface area contributed by atoms with Crippen molar-refractivity contribution in [2.24, 2.45) is 0 Å². The second-order valence-corrected chi connectivity index (χ2v) is 8.20. The number of carbonyl (C=O) groups excluding carboxylic acids is 2. The number of hydrogen-bond acceptors (Lipinski definition) is 3. The Morgan fingerprint density at radius 2 is 1.67 bits per heavy atom. The number of rotatable bonds is 8. The van der Waals surface area contributed by atoms with Gasteiger partial charge in [0.2, 0.25) is 5.91 Å². The van der Waals surface area contributed by atoms with Crippen molar-refractivity contribution < 1.29 is 9.59 Å². The van der Waals surface area contributed by atoms with Crippen molar-refractivity contribution >= 4 is 29.3 Å². The second kappa shape index (κ2) is 10.2. The molecule has 0 bridgehead atoms. The van der Waals surface area contributed by atoms with Crippen molar-refractivity contribution in [1.29, 1.82) is 0 Å². The average molecular weight is 383 g/mol. The fourth-order valence-corrected chi connectivity index (χ4v) is 4.43. The van der Waals surface area contributed by atoms with Crippen LogP contribution in [-0.4, -0.2) is 23.6 Å². The summed E-state index contributed by atoms with van der Waals surface area (Å²) in [5.41, 5.74) is 1.46. The van der Waals surface area contributed by atoms with Crippen molar-refractivity contribution in [3.8, 4) is 0 Å². The molecular formula is C22H26N2O2S. The standard InChI is InChI=1S/C22H26N2O2S/c25-21(11-6-16-23-22(26)17-7-2-1-3-8-17)24-18-12-14-20(15-13-18)27-19-9-4-5-10-19/h1-3,7-8,12-15,19H,4-6,9-11,16H2,(H,23,26)(H,24,25). The number of hydrogen-bond donors (Lipinski definition) is 2. The van der Waals surface area contributed by atoms with E-state index >= 15 is 0 Å². The van der Waals surface area contributed by atoms with Crippen LogP contribution < -0.4 is 10.6 Å². The van der Waals surface area contributed by atoms with E-state index in [0.717, 1.165) is 10.9 Å². The number of carbonyl (C=O) groups is 2. The average Bonchev–Trinajstić information content (AvgIpc) is 3.20. The molecule has 4 nitrogen and oxygen atoms in total. The smallest absolute Gasteiger partial charge is 0.251 e. The van der Waals surface area contributed by atoms with Crippen LogP contribution in [0.15, 0.2) is 59.5 Å². The summed E-state index contributed by atoms with van der Waals surface area (Å²) in [6, 6.07) is 17.2. The van der Waals surface area contributed by atoms with Gasteiger partial charge in [0, 0.05) is 34.4 Å². The number of anilines is 1. The quantitative estimate of drug-likeness (QED) is 0.640. The Balaban J connectivity index is 1.34. The first-order valence-corrected chi connectivity index (χ1v) is 10.5. The normalized spacial score (nSPS) is 14.1. The molecule has 3 rings (SSSR count). The van der Waals surface area contributed by atoms with Gasteiger partial charge < -0.3 is 10.6 Å². The van der Waals surface area contributed by atoms with Gasteiger partial charge in [-0.05, 0) is 55.7 Å². The highest BCUT2D eigenvalue weighted by Gasteiger charge is 2.15. The maximum Gasteiger partial charge on any atom is 0.251 e. The predicted molar refractivity (Wildman–Crippen MR) is 111 cm³/mol. The molecule has 27 heavy (non-hydrogen) atoms. The lowest BCUT2D eigenvalue weighted by atomic mass is 10.2. The zero-order valence-electron chi connectivity index (χ0n) is 15.4. The molecule has 0 aromatic heterocycles. The third-order valence-corrected chi connectivity index (χ3v) is 5.99. The first kappa shape index (κ1) is 19.5. The summed E-state index contributed by atoms with van der Waals surface area (Å²) in [5.74, 6) is -0.133. The molecule has 2 amide bonds. The molecule has 0 saturated heterocycles. The summed E-state index contributed by atoms with van der Waals surface area (Å²) < 4.78 is 0. The van der Waals surface area contributed by atoms with Crippen LogP contribution in [0.4, 0.5) is 5.69 Å². The first-order chi connectivity index (χ1) is 13.2. The van der Waals surface area contributed by atoms with Gasteiger partial charge in [-0.1, -0.05) is 31.0 Å². The van der Waals surface area contributed by atoms with Crippen LogP contribution in [0.5, 0.6) is 0 Å². The largest absolute Gasteiger partial charge is 0.352 e. The summed E-state index contributed by atoms with van der Waals surface area (Å²) in [6.45, 7) is 0.484. The maximum absolute atomic E-state index is 12.1. The molecule has 1 aliphatic rings. The minimum atomic E-state index is -0.105. The van der Waals surface area contributed by atoms with Crippen molar-refractivity contribution in [2.45, 2.75) is 48.7 Å². The minimum absolute atomic E-state index is 0.0276. The highest BCUT2D eigenvalue weighted by molar-refractivity contribution is 8.00. The van der Waals surface area contributed by atoms with Gasteiger partial charge in [0.25, 0.3) is 5.91 Å². The molecular weight excluding hydrogens is 356 g/mol. The number of thioether (sulfide) groups is 1. The zero-order chi connectivity index (χ0) is 18.9. The molecule has 142 valence electrons. The number of nitrogens with one attached hydrogen (secondary N) is 2. The van der Waals surface area contributed by atoms with E-state index in [1.807, 2.05) is 42.1 Å². The Bertz CT molecular complexity index is 741. The Hall–Kier alpha value is -2.27. The van der Waals surface area contributed by atoms with E-state index in [-0.39, 0.29) is 11.8 Å². The molecule has 0 spiro atoms. The third kappa shape index (κ3) is 6.43. The molecule has 0 radical (unpaired) electrons. The SMILES string of the molecule is O=C(CCCNC(=O)c1ccccc1)Nc1ccc(SC2CCCC2)cc1. The van der Waals surface area contributed by atoms with Gasteiger partial charge in [-0.25, -0.2) is 0 Å². The molecule has 0 heterocycles. The van der Waals surface area contributed by atoms with Gasteiger partial charge in [0.15, 0.2) is 0 Å². The van der Waals surface area contributed by atoms with Crippen molar-refractivity contribution in [3.05, 3.63) is 60.2 Å². The van der Waals surface area contributed by atoms with Gasteiger partial charge in [-0.3, -0.25) is 9.59 Å². The zero-order valence-corrected chi connectivity index (χ0v) is 16.3. The van der Waals surface area contributed by atoms with E-state index in [9.17, 15) is 9.59 Å². The van der Waals surface area contributed by atoms with E-state index in [4.69, 9.17) is 0 Å². The minimum Gasteiger partial charge on any atom is -0.352 e. The third-order valence-electron chi connectivity index (χ3n) is 4.65. The number of benzene rings is 2. The molecule has 1 saturated carbocycles. The van der Waals surface area contributed by atoms with Crippen LogP contribution in [0.2, 0.25) is 0 Å². The summed E-state index contributed by atoms with van der Waals surface area (Å²) >= 11 is 1.94. The fourth-order valence-electron chi connectivity index (χ4n) is 3.18. The van der Waals surface area contributed by atoms with E-state index in [0.29, 0.717) is 24.9 Å². The van der Waals surface area contributed by atoms with E-state index in [1.54, 1.807) is 12.1 Å². The van der Waals surface area contributed by atoms with Gasteiger partial charge in [0.05, 0.1) is 0 Å². The Morgan fingerprint density at radius 1 is 0.963 bits per heavy atom. The predicted octanol–water partition coefficient (Wildman–Crippen LogP) is 4.87. The number of amides is 2. The van der Waals surface area contributed by atoms with Crippen molar-refractivity contribution in [1.82, 2.24) is 5.32 Å². The summed E-state index contributed by atoms with van der Waals surface area (Å²) in [7, 11) is 0. The van der Waals surface area contributed by atoms with Crippen LogP contribution in [0, 0.1) is 0 Å². The molecule has 2 aromatic rings. The Morgan fingerprint density at radius 3 is 2.37 bits per heavy atom. The van der Waals surface area contributed by atoms with Crippen LogP contribution in [0.25, 0.3) is 0 Å². The summed E-state index contributed by atoms with van der Waals surface area (Å²) in [5, 5.41) is 6.51. The maximum atomic E-state index is 12.1. The molecule has 0 atom stereocenters. The summed E-state index contributed by atoms with van der Waals surface area (Å²) in [6.07, 6.45) is 6.30. The van der Waals surface area contributed by atoms with Gasteiger partial charge in [0.1, 0.15) is 0 Å². The molecule has 0 unspecified atom stereocenters. The Labute approximate surface area is 165 Å². The Kier molecular flexibility index (Phi) is 7.34. The molecule has 2 aromatic carbocycles. The monoisotopic (exact) mass is 382 g/mol. The van der Waals surface area contributed by atoms with Crippen LogP contribution in [0.1, 0.15) is 48.9 Å². The summed E-state index contributed by atoms with van der Waals surface area (Å²) in [4.78, 5) is 25.3. The first-order valence-electron chi connectivity index (χ1n) is 9.60. The van der Waals surface area contributed by atoms with Gasteiger partial charge >= 0.3 is 0 Å². The molecule has 5 heteroatoms. The van der Waals surface area contributed by atoms with Crippen LogP contribution in [0.3, 0.4) is 0 Å². The second-order valence-electron chi connectivity index (χ2n) is 6.82. The van der Waals surface area contributed by atoms with E-state index in [1.165, 1.54) is 30.6 Å². The highest BCUT2D eigenvalue weighted by Crippen LogP contribution is 2.34. The van der Waals surface area contributed by atoms with Crippen molar-refractivity contribution in [2.75, 3.05) is 11.9 Å². The van der Waals surface area contributed by atoms with Crippen LogP contribution >= 0.6 is 11.8 Å². The molecule has 2 N–H and O–H groups in total. The lowest BCUT2D eigenvalue weighted by Crippen LogP contribution is -2.25. The lowest BCUT2D eigenvalue weighted by Gasteiger charge is -2.10. The van der Waals surface area contributed by atoms with Gasteiger partial charge in [-0.15, -0.1) is 11.8 Å². The molecule has 0 aliphatic heterocycles.